The number of carbonyl (C=O) groups excluding carboxylic acids is 1. The van der Waals surface area contributed by atoms with Crippen LogP contribution >= 0.6 is 22.9 Å². The van der Waals surface area contributed by atoms with Crippen molar-refractivity contribution < 1.29 is 9.53 Å². The maximum atomic E-state index is 12.1. The Morgan fingerprint density at radius 1 is 1.29 bits per heavy atom. The van der Waals surface area contributed by atoms with Crippen molar-refractivity contribution in [1.29, 1.82) is 0 Å². The Balaban J connectivity index is 1.45. The third kappa shape index (κ3) is 4.44. The number of aromatic nitrogens is 2. The third-order valence-corrected chi connectivity index (χ3v) is 4.63. The molecular weight excluding hydrogens is 346 g/mol. The smallest absolute Gasteiger partial charge is 0.267 e. The van der Waals surface area contributed by atoms with Crippen molar-refractivity contribution in [2.75, 3.05) is 11.9 Å². The van der Waals surface area contributed by atoms with E-state index in [0.29, 0.717) is 35.3 Å². The van der Waals surface area contributed by atoms with Gasteiger partial charge in [-0.05, 0) is 17.0 Å². The summed E-state index contributed by atoms with van der Waals surface area (Å²) >= 11 is 7.26. The molecule has 0 saturated carbocycles. The monoisotopic (exact) mass is 361 g/mol. The second kappa shape index (κ2) is 8.10. The zero-order valence-corrected chi connectivity index (χ0v) is 14.4. The maximum Gasteiger partial charge on any atom is 0.267 e. The van der Waals surface area contributed by atoms with Crippen molar-refractivity contribution in [2.45, 2.75) is 13.2 Å². The molecule has 0 aliphatic rings. The van der Waals surface area contributed by atoms with E-state index in [1.807, 2.05) is 30.3 Å². The van der Waals surface area contributed by atoms with Gasteiger partial charge in [-0.15, -0.1) is 11.3 Å². The van der Waals surface area contributed by atoms with Crippen LogP contribution < -0.4 is 5.32 Å². The first kappa shape index (κ1) is 16.7. The molecule has 0 saturated heterocycles. The topological polar surface area (TPSA) is 56.2 Å². The van der Waals surface area contributed by atoms with Crippen LogP contribution in [0.4, 0.5) is 5.69 Å². The number of ether oxygens (including phenoxy) is 1. The number of halogens is 1. The minimum Gasteiger partial charge on any atom is -0.375 e. The zero-order valence-electron chi connectivity index (χ0n) is 12.8. The number of thiophene rings is 1. The number of rotatable bonds is 7. The molecule has 24 heavy (non-hydrogen) atoms. The number of nitrogens with zero attached hydrogens (tertiary/aromatic N) is 2. The average Bonchev–Trinajstić information content (AvgIpc) is 3.21. The molecule has 124 valence electrons. The van der Waals surface area contributed by atoms with E-state index in [1.165, 1.54) is 11.3 Å². The van der Waals surface area contributed by atoms with Crippen molar-refractivity contribution in [2.24, 2.45) is 0 Å². The molecule has 0 atom stereocenters. The highest BCUT2D eigenvalue weighted by Gasteiger charge is 2.12. The SMILES string of the molecule is O=C(Nc1cnn(CCOCc2ccccc2)c1)c1sccc1Cl. The summed E-state index contributed by atoms with van der Waals surface area (Å²) in [6.07, 6.45) is 3.38. The van der Waals surface area contributed by atoms with Crippen molar-refractivity contribution in [3.63, 3.8) is 0 Å². The van der Waals surface area contributed by atoms with E-state index in [1.54, 1.807) is 28.5 Å². The van der Waals surface area contributed by atoms with Gasteiger partial charge in [0.1, 0.15) is 4.88 Å². The van der Waals surface area contributed by atoms with Gasteiger partial charge in [-0.3, -0.25) is 9.48 Å². The Bertz CT molecular complexity index is 801. The maximum absolute atomic E-state index is 12.1. The van der Waals surface area contributed by atoms with Gasteiger partial charge in [0.05, 0.1) is 36.7 Å². The number of carbonyl (C=O) groups is 1. The summed E-state index contributed by atoms with van der Waals surface area (Å²) in [6.45, 7) is 1.73. The lowest BCUT2D eigenvalue weighted by molar-refractivity contribution is 0.103. The molecule has 0 bridgehead atoms. The van der Waals surface area contributed by atoms with Gasteiger partial charge in [0.15, 0.2) is 0 Å². The normalized spacial score (nSPS) is 10.7. The van der Waals surface area contributed by atoms with E-state index < -0.39 is 0 Å². The molecule has 0 aliphatic carbocycles. The Hall–Kier alpha value is -2.15. The number of anilines is 1. The minimum atomic E-state index is -0.227. The molecule has 0 unspecified atom stereocenters. The predicted octanol–water partition coefficient (Wildman–Crippen LogP) is 4.07. The summed E-state index contributed by atoms with van der Waals surface area (Å²) in [7, 11) is 0. The van der Waals surface area contributed by atoms with Gasteiger partial charge in [0, 0.05) is 6.20 Å². The Labute approximate surface area is 148 Å². The molecule has 0 aliphatic heterocycles. The quantitative estimate of drug-likeness (QED) is 0.645. The number of hydrogen-bond acceptors (Lipinski definition) is 4. The Kier molecular flexibility index (Phi) is 5.63. The first-order valence-corrected chi connectivity index (χ1v) is 8.66. The molecule has 1 N–H and O–H groups in total. The van der Waals surface area contributed by atoms with E-state index in [-0.39, 0.29) is 5.91 Å². The van der Waals surface area contributed by atoms with Crippen LogP contribution in [0, 0.1) is 0 Å². The first-order valence-electron chi connectivity index (χ1n) is 7.41. The van der Waals surface area contributed by atoms with Crippen LogP contribution in [0.15, 0.2) is 54.2 Å². The van der Waals surface area contributed by atoms with Crippen LogP contribution in [0.25, 0.3) is 0 Å². The van der Waals surface area contributed by atoms with Crippen molar-refractivity contribution in [1.82, 2.24) is 9.78 Å². The van der Waals surface area contributed by atoms with Gasteiger partial charge >= 0.3 is 0 Å². The third-order valence-electron chi connectivity index (χ3n) is 3.29. The lowest BCUT2D eigenvalue weighted by Crippen LogP contribution is -2.10. The summed E-state index contributed by atoms with van der Waals surface area (Å²) in [4.78, 5) is 12.6. The van der Waals surface area contributed by atoms with E-state index in [9.17, 15) is 4.79 Å². The summed E-state index contributed by atoms with van der Waals surface area (Å²) < 4.78 is 7.36. The lowest BCUT2D eigenvalue weighted by Gasteiger charge is -2.04. The molecule has 2 aromatic heterocycles. The zero-order chi connectivity index (χ0) is 16.8. The van der Waals surface area contributed by atoms with Gasteiger partial charge in [-0.1, -0.05) is 41.9 Å². The Morgan fingerprint density at radius 2 is 2.12 bits per heavy atom. The summed E-state index contributed by atoms with van der Waals surface area (Å²) in [6, 6.07) is 11.7. The molecule has 0 radical (unpaired) electrons. The molecular formula is C17H16ClN3O2S. The van der Waals surface area contributed by atoms with Gasteiger partial charge in [0.2, 0.25) is 0 Å². The van der Waals surface area contributed by atoms with Crippen LogP contribution in [0.1, 0.15) is 15.2 Å². The molecule has 2 heterocycles. The average molecular weight is 362 g/mol. The summed E-state index contributed by atoms with van der Waals surface area (Å²) in [5.74, 6) is -0.227. The fourth-order valence-corrected chi connectivity index (χ4v) is 3.15. The van der Waals surface area contributed by atoms with Gasteiger partial charge in [0.25, 0.3) is 5.91 Å². The lowest BCUT2D eigenvalue weighted by atomic mass is 10.2. The molecule has 1 aromatic carbocycles. The van der Waals surface area contributed by atoms with E-state index in [2.05, 4.69) is 10.4 Å². The van der Waals surface area contributed by atoms with Gasteiger partial charge in [-0.25, -0.2) is 0 Å². The fraction of sp³-hybridized carbons (Fsp3) is 0.176. The summed E-state index contributed by atoms with van der Waals surface area (Å²) in [5.41, 5.74) is 1.77. The molecule has 3 rings (SSSR count). The largest absolute Gasteiger partial charge is 0.375 e. The highest BCUT2D eigenvalue weighted by atomic mass is 35.5. The second-order valence-electron chi connectivity index (χ2n) is 5.08. The van der Waals surface area contributed by atoms with Crippen molar-refractivity contribution in [3.8, 4) is 0 Å². The molecule has 0 spiro atoms. The fourth-order valence-electron chi connectivity index (χ4n) is 2.12. The van der Waals surface area contributed by atoms with Gasteiger partial charge in [-0.2, -0.15) is 5.10 Å². The molecule has 1 amide bonds. The van der Waals surface area contributed by atoms with Crippen LogP contribution in [-0.4, -0.2) is 22.3 Å². The number of hydrogen-bond donors (Lipinski definition) is 1. The second-order valence-corrected chi connectivity index (χ2v) is 6.41. The summed E-state index contributed by atoms with van der Waals surface area (Å²) in [5, 5.41) is 9.23. The predicted molar refractivity (Wildman–Crippen MR) is 95.6 cm³/mol. The van der Waals surface area contributed by atoms with E-state index >= 15 is 0 Å². The number of nitrogens with one attached hydrogen (secondary N) is 1. The highest BCUT2D eigenvalue weighted by molar-refractivity contribution is 7.12. The van der Waals surface area contributed by atoms with Crippen LogP contribution in [0.2, 0.25) is 5.02 Å². The first-order chi connectivity index (χ1) is 11.7. The Morgan fingerprint density at radius 3 is 2.88 bits per heavy atom. The van der Waals surface area contributed by atoms with E-state index in [4.69, 9.17) is 16.3 Å². The van der Waals surface area contributed by atoms with Gasteiger partial charge < -0.3 is 10.1 Å². The van der Waals surface area contributed by atoms with Crippen molar-refractivity contribution in [3.05, 3.63) is 69.6 Å². The van der Waals surface area contributed by atoms with E-state index in [0.717, 1.165) is 5.56 Å². The minimum absolute atomic E-state index is 0.227. The number of amides is 1. The molecule has 0 fully saturated rings. The van der Waals surface area contributed by atoms with Crippen LogP contribution in [0.5, 0.6) is 0 Å². The highest BCUT2D eigenvalue weighted by Crippen LogP contribution is 2.23. The standard InChI is InChI=1S/C17H16ClN3O2S/c18-15-6-9-24-16(15)17(22)20-14-10-19-21(11-14)7-8-23-12-13-4-2-1-3-5-13/h1-6,9-11H,7-8,12H2,(H,20,22). The molecule has 5 nitrogen and oxygen atoms in total. The number of benzene rings is 1. The molecule has 7 heteroatoms. The van der Waals surface area contributed by atoms with Crippen LogP contribution in [-0.2, 0) is 17.9 Å². The molecule has 3 aromatic rings. The van der Waals surface area contributed by atoms with Crippen molar-refractivity contribution >= 4 is 34.5 Å². The van der Waals surface area contributed by atoms with Crippen LogP contribution in [0.3, 0.4) is 0 Å².